The van der Waals surface area contributed by atoms with Gasteiger partial charge in [-0.25, -0.2) is 22.5 Å². The van der Waals surface area contributed by atoms with Crippen molar-refractivity contribution in [2.75, 3.05) is 5.73 Å². The summed E-state index contributed by atoms with van der Waals surface area (Å²) in [6.45, 7) is 2.29. The van der Waals surface area contributed by atoms with E-state index in [-0.39, 0.29) is 57.0 Å². The van der Waals surface area contributed by atoms with E-state index in [0.29, 0.717) is 5.56 Å². The van der Waals surface area contributed by atoms with Crippen LogP contribution >= 0.6 is 11.3 Å². The standard InChI is InChI=1S/C21H21N7O10S2.Na/c1-21(2,19(31)37-9-11-3-5-12(6-4-11)28(32)33)38-26-15(13-10-39-20(23)24-13)17(29)25-16-14(7-8-22)27(18(16)30)40(34,35)36;/h3-6,10,14,16H,7,9H2,1-2H3,(H2,23,24)(H,25,29)(H,34,35,36);/q;+1/p-1/t14-,16+;/m1./s1. The number of nitrogens with one attached hydrogen (secondary N) is 1. The number of esters is 1. The zero-order valence-corrected chi connectivity index (χ0v) is 25.3. The Bertz CT molecular complexity index is 1520. The molecule has 1 aromatic carbocycles. The second-order valence-corrected chi connectivity index (χ2v) is 10.7. The second kappa shape index (κ2) is 13.3. The van der Waals surface area contributed by atoms with Gasteiger partial charge in [-0.1, -0.05) is 5.16 Å². The van der Waals surface area contributed by atoms with Gasteiger partial charge in [-0.15, -0.1) is 11.3 Å². The number of anilines is 1. The van der Waals surface area contributed by atoms with Gasteiger partial charge in [-0.2, -0.15) is 5.26 Å². The van der Waals surface area contributed by atoms with Crippen molar-refractivity contribution in [1.29, 1.82) is 5.26 Å². The van der Waals surface area contributed by atoms with Gasteiger partial charge in [0.05, 0.1) is 23.5 Å². The molecule has 0 saturated carbocycles. The smallest absolute Gasteiger partial charge is 0.731 e. The number of benzene rings is 1. The van der Waals surface area contributed by atoms with Gasteiger partial charge in [0.1, 0.15) is 18.3 Å². The normalized spacial score (nSPS) is 17.0. The van der Waals surface area contributed by atoms with Crippen LogP contribution in [-0.2, 0) is 40.9 Å². The van der Waals surface area contributed by atoms with Crippen LogP contribution < -0.4 is 40.6 Å². The fourth-order valence-corrected chi connectivity index (χ4v) is 4.70. The number of oxime groups is 1. The number of β-lactam (4-membered cyclic amide) rings is 1. The Labute approximate surface area is 258 Å². The van der Waals surface area contributed by atoms with Crippen molar-refractivity contribution in [2.24, 2.45) is 5.16 Å². The average molecular weight is 618 g/mol. The number of hydrogen-bond acceptors (Lipinski definition) is 15. The number of nitro groups is 1. The third kappa shape index (κ3) is 7.96. The number of nitrogens with zero attached hydrogens (tertiary/aromatic N) is 5. The van der Waals surface area contributed by atoms with Gasteiger partial charge in [0.25, 0.3) is 17.5 Å². The van der Waals surface area contributed by atoms with Crippen molar-refractivity contribution in [3.63, 3.8) is 0 Å². The van der Waals surface area contributed by atoms with Crippen LogP contribution in [0.4, 0.5) is 10.8 Å². The third-order valence-corrected chi connectivity index (χ3v) is 6.96. The molecule has 0 aliphatic carbocycles. The monoisotopic (exact) mass is 617 g/mol. The molecule has 0 bridgehead atoms. The van der Waals surface area contributed by atoms with E-state index in [2.05, 4.69) is 15.5 Å². The molecule has 17 nitrogen and oxygen atoms in total. The first-order valence-corrected chi connectivity index (χ1v) is 13.2. The molecule has 0 unspecified atom stereocenters. The van der Waals surface area contributed by atoms with Crippen molar-refractivity contribution < 1.29 is 71.4 Å². The maximum Gasteiger partial charge on any atom is 1.00 e. The van der Waals surface area contributed by atoms with E-state index < -0.39 is 62.8 Å². The Kier molecular flexibility index (Phi) is 10.9. The van der Waals surface area contributed by atoms with Crippen molar-refractivity contribution >= 4 is 56.0 Å². The molecule has 1 aliphatic rings. The number of carbonyl (C=O) groups excluding carboxylic acids is 3. The summed E-state index contributed by atoms with van der Waals surface area (Å²) in [5.41, 5.74) is 3.47. The zero-order valence-electron chi connectivity index (χ0n) is 21.7. The minimum Gasteiger partial charge on any atom is -0.731 e. The number of amides is 2. The van der Waals surface area contributed by atoms with Gasteiger partial charge in [-0.3, -0.25) is 19.7 Å². The minimum atomic E-state index is -5.23. The fourth-order valence-electron chi connectivity index (χ4n) is 3.29. The van der Waals surface area contributed by atoms with Crippen molar-refractivity contribution in [3.8, 4) is 6.07 Å². The van der Waals surface area contributed by atoms with Crippen LogP contribution in [0.1, 0.15) is 31.5 Å². The molecule has 2 atom stereocenters. The first-order valence-electron chi connectivity index (χ1n) is 11.0. The molecule has 1 aromatic heterocycles. The number of carbonyl (C=O) groups is 3. The summed E-state index contributed by atoms with van der Waals surface area (Å²) in [6, 6.07) is 3.91. The fraction of sp³-hybridized carbons (Fsp3) is 0.333. The summed E-state index contributed by atoms with van der Waals surface area (Å²) in [7, 11) is -5.23. The number of aromatic nitrogens is 1. The molecule has 1 aliphatic heterocycles. The number of nitrogens with two attached hydrogens (primary N) is 1. The van der Waals surface area contributed by atoms with Gasteiger partial charge in [-0.05, 0) is 31.5 Å². The molecule has 41 heavy (non-hydrogen) atoms. The Morgan fingerprint density at radius 2 is 1.98 bits per heavy atom. The Balaban J connectivity index is 0.00000588. The number of non-ortho nitro benzene ring substituents is 1. The summed E-state index contributed by atoms with van der Waals surface area (Å²) in [6.07, 6.45) is -0.571. The van der Waals surface area contributed by atoms with Crippen LogP contribution in [0.15, 0.2) is 34.8 Å². The van der Waals surface area contributed by atoms with Gasteiger partial charge in [0.2, 0.25) is 5.60 Å². The summed E-state index contributed by atoms with van der Waals surface area (Å²) < 4.78 is 39.2. The van der Waals surface area contributed by atoms with Crippen LogP contribution in [0.3, 0.4) is 0 Å². The number of rotatable bonds is 11. The number of nitriles is 1. The second-order valence-electron chi connectivity index (χ2n) is 8.58. The number of thiazole rings is 1. The molecule has 212 valence electrons. The molecular formula is C21H20N7NaO10S2. The molecule has 1 saturated heterocycles. The van der Waals surface area contributed by atoms with Gasteiger partial charge >= 0.3 is 35.5 Å². The number of nitrogen functional groups attached to an aromatic ring is 1. The summed E-state index contributed by atoms with van der Waals surface area (Å²) in [5, 5.41) is 27.0. The van der Waals surface area contributed by atoms with E-state index in [1.807, 2.05) is 0 Å². The first-order chi connectivity index (χ1) is 18.7. The molecule has 2 amide bonds. The molecule has 0 spiro atoms. The average Bonchev–Trinajstić information content (AvgIpc) is 3.30. The van der Waals surface area contributed by atoms with Crippen LogP contribution in [0, 0.1) is 21.4 Å². The SMILES string of the molecule is CC(C)(ON=C(C(=O)N[C@@H]1C(=O)N(S(=O)(=O)[O-])[C@@H]1CC#N)c1csc(N)n1)C(=O)OCc1ccc([N+](=O)[O-])cc1.[Na+]. The van der Waals surface area contributed by atoms with E-state index in [1.54, 1.807) is 6.07 Å². The van der Waals surface area contributed by atoms with E-state index in [1.165, 1.54) is 43.5 Å². The van der Waals surface area contributed by atoms with Crippen molar-refractivity contribution in [2.45, 2.75) is 44.6 Å². The first kappa shape index (κ1) is 33.5. The quantitative estimate of drug-likeness (QED) is 0.0483. The molecule has 1 fully saturated rings. The molecule has 3 N–H and O–H groups in total. The van der Waals surface area contributed by atoms with Crippen LogP contribution in [0.25, 0.3) is 0 Å². The van der Waals surface area contributed by atoms with E-state index in [0.717, 1.165) is 11.3 Å². The van der Waals surface area contributed by atoms with E-state index in [4.69, 9.17) is 20.6 Å². The number of nitro benzene ring substituents is 1. The minimum absolute atomic E-state index is 0. The molecule has 3 rings (SSSR count). The van der Waals surface area contributed by atoms with Gasteiger partial charge in [0, 0.05) is 17.5 Å². The molecule has 2 aromatic rings. The van der Waals surface area contributed by atoms with Crippen LogP contribution in [0.5, 0.6) is 0 Å². The van der Waals surface area contributed by atoms with Crippen LogP contribution in [-0.4, -0.2) is 68.4 Å². The topological polar surface area (TPSA) is 260 Å². The van der Waals surface area contributed by atoms with E-state index in [9.17, 15) is 37.5 Å². The number of hydrogen-bond donors (Lipinski definition) is 2. The Morgan fingerprint density at radius 3 is 2.49 bits per heavy atom. The molecule has 2 heterocycles. The van der Waals surface area contributed by atoms with E-state index >= 15 is 0 Å². The zero-order chi connectivity index (χ0) is 29.8. The summed E-state index contributed by atoms with van der Waals surface area (Å²) in [4.78, 5) is 57.3. The maximum absolute atomic E-state index is 13.0. The van der Waals surface area contributed by atoms with Crippen molar-refractivity contribution in [1.82, 2.24) is 14.6 Å². The summed E-state index contributed by atoms with van der Waals surface area (Å²) in [5.74, 6) is -3.28. The molecular weight excluding hydrogens is 597 g/mol. The predicted molar refractivity (Wildman–Crippen MR) is 134 cm³/mol. The van der Waals surface area contributed by atoms with Crippen LogP contribution in [0.2, 0.25) is 0 Å². The largest absolute Gasteiger partial charge is 1.00 e. The number of ether oxygens (including phenoxy) is 1. The van der Waals surface area contributed by atoms with Gasteiger partial charge in [0.15, 0.2) is 21.1 Å². The predicted octanol–water partition coefficient (Wildman–Crippen LogP) is -3.05. The maximum atomic E-state index is 13.0. The van der Waals surface area contributed by atoms with Crippen molar-refractivity contribution in [3.05, 3.63) is 51.0 Å². The molecule has 0 radical (unpaired) electrons. The Hall–Kier alpha value is -3.67. The van der Waals surface area contributed by atoms with Gasteiger partial charge < -0.3 is 25.2 Å². The summed E-state index contributed by atoms with van der Waals surface area (Å²) >= 11 is 0.928. The molecule has 20 heteroatoms. The Morgan fingerprint density at radius 1 is 1.34 bits per heavy atom. The third-order valence-electron chi connectivity index (χ3n) is 5.35.